The van der Waals surface area contributed by atoms with E-state index < -0.39 is 27.7 Å². The molecule has 0 radical (unpaired) electrons. The molecule has 1 fully saturated rings. The number of hydrogen-bond acceptors (Lipinski definition) is 5. The number of rotatable bonds is 5. The van der Waals surface area contributed by atoms with E-state index in [0.717, 1.165) is 12.1 Å². The van der Waals surface area contributed by atoms with Gasteiger partial charge in [0.1, 0.15) is 0 Å². The Labute approximate surface area is 121 Å². The number of carboxylic acid groups (broad SMARTS) is 1. The molecule has 2 heterocycles. The van der Waals surface area contributed by atoms with Crippen LogP contribution in [0.3, 0.4) is 0 Å². The smallest absolute Gasteiger partial charge is 0.371 e. The number of aromatic carboxylic acids is 1. The van der Waals surface area contributed by atoms with E-state index in [1.54, 1.807) is 0 Å². The van der Waals surface area contributed by atoms with Crippen molar-refractivity contribution in [1.29, 1.82) is 0 Å². The van der Waals surface area contributed by atoms with Gasteiger partial charge in [-0.15, -0.1) is 0 Å². The fourth-order valence-corrected chi connectivity index (χ4v) is 3.72. The van der Waals surface area contributed by atoms with E-state index in [9.17, 15) is 18.0 Å². The van der Waals surface area contributed by atoms with Crippen molar-refractivity contribution in [2.45, 2.75) is 24.4 Å². The van der Waals surface area contributed by atoms with Crippen LogP contribution in [-0.2, 0) is 14.8 Å². The number of amides is 1. The van der Waals surface area contributed by atoms with Gasteiger partial charge in [-0.25, -0.2) is 13.2 Å². The number of furan rings is 1. The second kappa shape index (κ2) is 5.86. The Morgan fingerprint density at radius 3 is 2.43 bits per heavy atom. The number of hydrogen-bond donors (Lipinski definition) is 2. The maximum absolute atomic E-state index is 12.3. The minimum absolute atomic E-state index is 0.0835. The molecular formula is C12H16N2O6S. The molecule has 0 saturated carbocycles. The highest BCUT2D eigenvalue weighted by atomic mass is 32.2. The molecule has 116 valence electrons. The molecular weight excluding hydrogens is 300 g/mol. The number of carboxylic acids is 1. The number of carbonyl (C=O) groups is 2. The summed E-state index contributed by atoms with van der Waals surface area (Å²) in [4.78, 5) is 21.6. The maximum Gasteiger partial charge on any atom is 0.371 e. The Bertz CT molecular complexity index is 642. The van der Waals surface area contributed by atoms with Crippen molar-refractivity contribution < 1.29 is 27.5 Å². The number of nitrogens with zero attached hydrogens (tertiary/aromatic N) is 1. The first kappa shape index (κ1) is 15.5. The number of piperidine rings is 1. The first-order valence-corrected chi connectivity index (χ1v) is 7.86. The van der Waals surface area contributed by atoms with Gasteiger partial charge in [0.25, 0.3) is 10.0 Å². The summed E-state index contributed by atoms with van der Waals surface area (Å²) >= 11 is 0. The van der Waals surface area contributed by atoms with Crippen LogP contribution in [0.25, 0.3) is 0 Å². The Hall–Kier alpha value is -1.87. The van der Waals surface area contributed by atoms with Crippen LogP contribution in [0.2, 0.25) is 0 Å². The topological polar surface area (TPSA) is 131 Å². The normalized spacial score (nSPS) is 17.7. The summed E-state index contributed by atoms with van der Waals surface area (Å²) in [6, 6.07) is 2.24. The summed E-state index contributed by atoms with van der Waals surface area (Å²) in [6.07, 6.45) is 1.32. The highest BCUT2D eigenvalue weighted by Crippen LogP contribution is 2.26. The van der Waals surface area contributed by atoms with Gasteiger partial charge in [-0.1, -0.05) is 0 Å². The molecule has 2 rings (SSSR count). The van der Waals surface area contributed by atoms with Crippen LogP contribution in [0.4, 0.5) is 0 Å². The van der Waals surface area contributed by atoms with E-state index in [-0.39, 0.29) is 30.5 Å². The molecule has 1 saturated heterocycles. The van der Waals surface area contributed by atoms with Gasteiger partial charge in [0.15, 0.2) is 0 Å². The Morgan fingerprint density at radius 1 is 1.33 bits per heavy atom. The lowest BCUT2D eigenvalue weighted by molar-refractivity contribution is -0.119. The first-order valence-electron chi connectivity index (χ1n) is 6.42. The third-order valence-corrected chi connectivity index (χ3v) is 5.22. The maximum atomic E-state index is 12.3. The zero-order chi connectivity index (χ0) is 15.6. The molecule has 1 aromatic heterocycles. The molecule has 0 spiro atoms. The van der Waals surface area contributed by atoms with Crippen molar-refractivity contribution in [3.8, 4) is 0 Å². The minimum Gasteiger partial charge on any atom is -0.475 e. The molecule has 1 aliphatic heterocycles. The lowest BCUT2D eigenvalue weighted by Gasteiger charge is -2.29. The van der Waals surface area contributed by atoms with Gasteiger partial charge in [0, 0.05) is 19.5 Å². The summed E-state index contributed by atoms with van der Waals surface area (Å²) in [5, 5.41) is 8.37. The van der Waals surface area contributed by atoms with Crippen molar-refractivity contribution >= 4 is 21.9 Å². The molecule has 0 aromatic carbocycles. The lowest BCUT2D eigenvalue weighted by Crippen LogP contribution is -2.39. The molecule has 1 aliphatic rings. The van der Waals surface area contributed by atoms with Gasteiger partial charge in [-0.05, 0) is 30.9 Å². The zero-order valence-corrected chi connectivity index (χ0v) is 12.0. The monoisotopic (exact) mass is 316 g/mol. The highest BCUT2D eigenvalue weighted by molar-refractivity contribution is 7.89. The summed E-state index contributed by atoms with van der Waals surface area (Å²) < 4.78 is 30.7. The fourth-order valence-electron chi connectivity index (χ4n) is 2.34. The zero-order valence-electron chi connectivity index (χ0n) is 11.2. The van der Waals surface area contributed by atoms with Crippen LogP contribution in [0.15, 0.2) is 21.6 Å². The Kier molecular flexibility index (Phi) is 4.33. The Morgan fingerprint density at radius 2 is 1.95 bits per heavy atom. The SMILES string of the molecule is NC(=O)CC1CCN(S(=O)(=O)c2ccc(C(=O)O)o2)CC1. The van der Waals surface area contributed by atoms with Gasteiger partial charge in [-0.2, -0.15) is 4.31 Å². The summed E-state index contributed by atoms with van der Waals surface area (Å²) in [5.74, 6) is -2.05. The van der Waals surface area contributed by atoms with E-state index in [0.29, 0.717) is 12.8 Å². The quantitative estimate of drug-likeness (QED) is 0.800. The van der Waals surface area contributed by atoms with Crippen LogP contribution in [0.1, 0.15) is 29.8 Å². The molecule has 9 heteroatoms. The van der Waals surface area contributed by atoms with E-state index in [4.69, 9.17) is 15.3 Å². The minimum atomic E-state index is -3.84. The average Bonchev–Trinajstić information content (AvgIpc) is 2.89. The van der Waals surface area contributed by atoms with Crippen molar-refractivity contribution in [2.75, 3.05) is 13.1 Å². The van der Waals surface area contributed by atoms with Crippen LogP contribution in [0.5, 0.6) is 0 Å². The highest BCUT2D eigenvalue weighted by Gasteiger charge is 2.32. The van der Waals surface area contributed by atoms with E-state index in [1.165, 1.54) is 4.31 Å². The second-order valence-electron chi connectivity index (χ2n) is 4.94. The van der Waals surface area contributed by atoms with Crippen LogP contribution < -0.4 is 5.73 Å². The van der Waals surface area contributed by atoms with Gasteiger partial charge in [0.05, 0.1) is 0 Å². The third kappa shape index (κ3) is 3.42. The molecule has 0 unspecified atom stereocenters. The van der Waals surface area contributed by atoms with Gasteiger partial charge in [-0.3, -0.25) is 4.79 Å². The van der Waals surface area contributed by atoms with Gasteiger partial charge in [0.2, 0.25) is 16.8 Å². The number of sulfonamides is 1. The van der Waals surface area contributed by atoms with E-state index >= 15 is 0 Å². The summed E-state index contributed by atoms with van der Waals surface area (Å²) in [7, 11) is -3.84. The number of primary amides is 1. The molecule has 0 atom stereocenters. The van der Waals surface area contributed by atoms with E-state index in [2.05, 4.69) is 0 Å². The van der Waals surface area contributed by atoms with E-state index in [1.807, 2.05) is 0 Å². The third-order valence-electron chi connectivity index (χ3n) is 3.45. The molecule has 1 amide bonds. The molecule has 0 bridgehead atoms. The molecule has 1 aromatic rings. The first-order chi connectivity index (χ1) is 9.80. The number of nitrogens with two attached hydrogens (primary N) is 1. The summed E-state index contributed by atoms with van der Waals surface area (Å²) in [6.45, 7) is 0.507. The summed E-state index contributed by atoms with van der Waals surface area (Å²) in [5.41, 5.74) is 5.12. The average molecular weight is 316 g/mol. The molecule has 0 aliphatic carbocycles. The van der Waals surface area contributed by atoms with Gasteiger partial charge < -0.3 is 15.3 Å². The van der Waals surface area contributed by atoms with Crippen LogP contribution in [-0.4, -0.2) is 42.8 Å². The lowest BCUT2D eigenvalue weighted by atomic mass is 9.94. The predicted octanol–water partition coefficient (Wildman–Crippen LogP) is 0.254. The van der Waals surface area contributed by atoms with Gasteiger partial charge >= 0.3 is 5.97 Å². The standard InChI is InChI=1S/C12H16N2O6S/c13-10(15)7-8-3-5-14(6-4-8)21(18,19)11-2-1-9(20-11)12(16)17/h1-2,8H,3-7H2,(H2,13,15)(H,16,17). The van der Waals surface area contributed by atoms with Crippen molar-refractivity contribution in [3.05, 3.63) is 17.9 Å². The van der Waals surface area contributed by atoms with Crippen LogP contribution in [0, 0.1) is 5.92 Å². The Balaban J connectivity index is 2.07. The largest absolute Gasteiger partial charge is 0.475 e. The van der Waals surface area contributed by atoms with Crippen molar-refractivity contribution in [1.82, 2.24) is 4.31 Å². The number of carbonyl (C=O) groups excluding carboxylic acids is 1. The molecule has 8 nitrogen and oxygen atoms in total. The molecule has 3 N–H and O–H groups in total. The van der Waals surface area contributed by atoms with Crippen molar-refractivity contribution in [3.63, 3.8) is 0 Å². The molecule has 21 heavy (non-hydrogen) atoms. The second-order valence-corrected chi connectivity index (χ2v) is 6.81. The predicted molar refractivity (Wildman–Crippen MR) is 71.0 cm³/mol. The van der Waals surface area contributed by atoms with Crippen molar-refractivity contribution in [2.24, 2.45) is 11.7 Å². The van der Waals surface area contributed by atoms with Crippen LogP contribution >= 0.6 is 0 Å². The fraction of sp³-hybridized carbons (Fsp3) is 0.500.